The van der Waals surface area contributed by atoms with Gasteiger partial charge >= 0.3 is 0 Å². The van der Waals surface area contributed by atoms with Crippen LogP contribution in [0.15, 0.2) is 12.1 Å². The number of benzene rings is 1. The molecule has 0 atom stereocenters. The summed E-state index contributed by atoms with van der Waals surface area (Å²) in [6.45, 7) is 1.54. The number of piperidine rings is 1. The van der Waals surface area contributed by atoms with E-state index in [4.69, 9.17) is 0 Å². The monoisotopic (exact) mass is 240 g/mol. The number of phenols is 1. The van der Waals surface area contributed by atoms with Crippen LogP contribution >= 0.6 is 0 Å². The summed E-state index contributed by atoms with van der Waals surface area (Å²) in [5, 5.41) is 23.4. The molecule has 0 unspecified atom stereocenters. The molecule has 2 N–H and O–H groups in total. The second-order valence-electron chi connectivity index (χ2n) is 4.15. The number of hydrogen-bond acceptors (Lipinski definition) is 4. The number of aromatic hydroxyl groups is 1. The van der Waals surface area contributed by atoms with Crippen molar-refractivity contribution in [2.75, 3.05) is 13.1 Å². The summed E-state index contributed by atoms with van der Waals surface area (Å²) in [5.41, 5.74) is 0.0343. The normalized spacial score (nSPS) is 17.0. The SMILES string of the molecule is O=[N+]([O-])c1cc(F)c(O)c(C2CCNCC2)c1. The van der Waals surface area contributed by atoms with Crippen molar-refractivity contribution in [3.63, 3.8) is 0 Å². The first kappa shape index (κ1) is 11.8. The molecule has 0 saturated carbocycles. The van der Waals surface area contributed by atoms with E-state index in [1.807, 2.05) is 0 Å². The van der Waals surface area contributed by atoms with E-state index in [2.05, 4.69) is 5.32 Å². The molecule has 2 rings (SSSR count). The number of nitrogens with one attached hydrogen (secondary N) is 1. The summed E-state index contributed by atoms with van der Waals surface area (Å²) >= 11 is 0. The molecule has 1 heterocycles. The van der Waals surface area contributed by atoms with Crippen molar-refractivity contribution >= 4 is 5.69 Å². The van der Waals surface area contributed by atoms with Gasteiger partial charge in [-0.2, -0.15) is 0 Å². The summed E-state index contributed by atoms with van der Waals surface area (Å²) in [6.07, 6.45) is 1.49. The predicted molar refractivity (Wildman–Crippen MR) is 59.6 cm³/mol. The van der Waals surface area contributed by atoms with Crippen LogP contribution in [0.2, 0.25) is 0 Å². The van der Waals surface area contributed by atoms with Gasteiger partial charge in [-0.15, -0.1) is 0 Å². The first-order valence-electron chi connectivity index (χ1n) is 5.47. The molecule has 17 heavy (non-hydrogen) atoms. The van der Waals surface area contributed by atoms with Crippen LogP contribution in [-0.4, -0.2) is 23.1 Å². The summed E-state index contributed by atoms with van der Waals surface area (Å²) in [7, 11) is 0. The first-order chi connectivity index (χ1) is 8.09. The lowest BCUT2D eigenvalue weighted by Gasteiger charge is -2.23. The fourth-order valence-corrected chi connectivity index (χ4v) is 2.15. The number of nitrogens with zero attached hydrogens (tertiary/aromatic N) is 1. The van der Waals surface area contributed by atoms with Gasteiger partial charge in [0, 0.05) is 11.6 Å². The van der Waals surface area contributed by atoms with Gasteiger partial charge in [0.1, 0.15) is 0 Å². The van der Waals surface area contributed by atoms with E-state index in [1.165, 1.54) is 6.07 Å². The molecule has 0 spiro atoms. The number of nitro groups is 1. The molecule has 0 amide bonds. The Bertz CT molecular complexity index is 445. The molecule has 1 aromatic carbocycles. The van der Waals surface area contributed by atoms with Crippen molar-refractivity contribution < 1.29 is 14.4 Å². The number of non-ortho nitro benzene ring substituents is 1. The zero-order valence-corrected chi connectivity index (χ0v) is 9.15. The Morgan fingerprint density at radius 3 is 2.65 bits per heavy atom. The summed E-state index contributed by atoms with van der Waals surface area (Å²) in [5.74, 6) is -1.40. The van der Waals surface area contributed by atoms with Crippen LogP contribution in [0.25, 0.3) is 0 Å². The summed E-state index contributed by atoms with van der Waals surface area (Å²) in [4.78, 5) is 10.00. The molecule has 1 aliphatic rings. The predicted octanol–water partition coefficient (Wildman–Crippen LogP) is 1.91. The van der Waals surface area contributed by atoms with Crippen LogP contribution in [0.5, 0.6) is 5.75 Å². The lowest BCUT2D eigenvalue weighted by atomic mass is 9.89. The third-order valence-electron chi connectivity index (χ3n) is 3.07. The summed E-state index contributed by atoms with van der Waals surface area (Å²) in [6, 6.07) is 2.02. The van der Waals surface area contributed by atoms with Crippen LogP contribution < -0.4 is 5.32 Å². The average molecular weight is 240 g/mol. The van der Waals surface area contributed by atoms with Crippen LogP contribution in [0.4, 0.5) is 10.1 Å². The summed E-state index contributed by atoms with van der Waals surface area (Å²) < 4.78 is 13.4. The van der Waals surface area contributed by atoms with Crippen LogP contribution in [0, 0.1) is 15.9 Å². The molecule has 1 aromatic rings. The maximum atomic E-state index is 13.4. The molecule has 1 fully saturated rings. The minimum atomic E-state index is -0.923. The van der Waals surface area contributed by atoms with Crippen LogP contribution in [0.3, 0.4) is 0 Å². The van der Waals surface area contributed by atoms with Gasteiger partial charge in [0.15, 0.2) is 11.6 Å². The molecule has 6 heteroatoms. The van der Waals surface area contributed by atoms with Gasteiger partial charge in [0.05, 0.1) is 11.0 Å². The average Bonchev–Trinajstić information content (AvgIpc) is 2.33. The Hall–Kier alpha value is -1.69. The molecule has 0 aromatic heterocycles. The van der Waals surface area contributed by atoms with Gasteiger partial charge in [-0.25, -0.2) is 4.39 Å². The first-order valence-corrected chi connectivity index (χ1v) is 5.47. The van der Waals surface area contributed by atoms with Crippen molar-refractivity contribution in [3.05, 3.63) is 33.6 Å². The lowest BCUT2D eigenvalue weighted by molar-refractivity contribution is -0.385. The van der Waals surface area contributed by atoms with Crippen molar-refractivity contribution in [3.8, 4) is 5.75 Å². The number of hydrogen-bond donors (Lipinski definition) is 2. The van der Waals surface area contributed by atoms with E-state index in [1.54, 1.807) is 0 Å². The maximum absolute atomic E-state index is 13.4. The van der Waals surface area contributed by atoms with E-state index in [9.17, 15) is 19.6 Å². The van der Waals surface area contributed by atoms with Crippen molar-refractivity contribution in [1.29, 1.82) is 0 Å². The topological polar surface area (TPSA) is 75.4 Å². The number of nitro benzene ring substituents is 1. The fraction of sp³-hybridized carbons (Fsp3) is 0.455. The van der Waals surface area contributed by atoms with Crippen molar-refractivity contribution in [1.82, 2.24) is 5.32 Å². The highest BCUT2D eigenvalue weighted by Gasteiger charge is 2.23. The van der Waals surface area contributed by atoms with Gasteiger partial charge in [-0.05, 0) is 31.8 Å². The molecule has 1 saturated heterocycles. The van der Waals surface area contributed by atoms with Gasteiger partial charge in [-0.3, -0.25) is 10.1 Å². The Morgan fingerprint density at radius 2 is 2.06 bits per heavy atom. The minimum absolute atomic E-state index is 0.0225. The van der Waals surface area contributed by atoms with Crippen molar-refractivity contribution in [2.24, 2.45) is 0 Å². The fourth-order valence-electron chi connectivity index (χ4n) is 2.15. The van der Waals surface area contributed by atoms with E-state index < -0.39 is 16.5 Å². The standard InChI is InChI=1S/C11H13FN2O3/c12-10-6-8(14(16)17)5-9(11(10)15)7-1-3-13-4-2-7/h5-7,13,15H,1-4H2. The second-order valence-corrected chi connectivity index (χ2v) is 4.15. The van der Waals surface area contributed by atoms with Crippen LogP contribution in [-0.2, 0) is 0 Å². The highest BCUT2D eigenvalue weighted by Crippen LogP contribution is 2.36. The Morgan fingerprint density at radius 1 is 1.41 bits per heavy atom. The molecule has 0 aliphatic carbocycles. The van der Waals surface area contributed by atoms with Crippen molar-refractivity contribution in [2.45, 2.75) is 18.8 Å². The molecular formula is C11H13FN2O3. The van der Waals surface area contributed by atoms with E-state index in [0.717, 1.165) is 32.0 Å². The second kappa shape index (κ2) is 4.67. The van der Waals surface area contributed by atoms with E-state index in [0.29, 0.717) is 5.56 Å². The highest BCUT2D eigenvalue weighted by molar-refractivity contribution is 5.46. The smallest absolute Gasteiger partial charge is 0.272 e. The molecule has 92 valence electrons. The highest BCUT2D eigenvalue weighted by atomic mass is 19.1. The van der Waals surface area contributed by atoms with E-state index >= 15 is 0 Å². The quantitative estimate of drug-likeness (QED) is 0.611. The Kier molecular flexibility index (Phi) is 3.23. The van der Waals surface area contributed by atoms with E-state index in [-0.39, 0.29) is 11.6 Å². The van der Waals surface area contributed by atoms with Crippen LogP contribution in [0.1, 0.15) is 24.3 Å². The zero-order valence-electron chi connectivity index (χ0n) is 9.15. The number of halogens is 1. The van der Waals surface area contributed by atoms with Gasteiger partial charge in [-0.1, -0.05) is 0 Å². The van der Waals surface area contributed by atoms with Gasteiger partial charge in [0.2, 0.25) is 0 Å². The molecule has 1 aliphatic heterocycles. The Balaban J connectivity index is 2.40. The molecule has 0 bridgehead atoms. The largest absolute Gasteiger partial charge is 0.505 e. The lowest BCUT2D eigenvalue weighted by Crippen LogP contribution is -2.26. The molecule has 5 nitrogen and oxygen atoms in total. The Labute approximate surface area is 97.4 Å². The number of rotatable bonds is 2. The molecule has 0 radical (unpaired) electrons. The maximum Gasteiger partial charge on any atom is 0.272 e. The van der Waals surface area contributed by atoms with Gasteiger partial charge < -0.3 is 10.4 Å². The third-order valence-corrected chi connectivity index (χ3v) is 3.07. The third kappa shape index (κ3) is 2.36. The molecular weight excluding hydrogens is 227 g/mol. The zero-order chi connectivity index (χ0) is 12.4. The minimum Gasteiger partial charge on any atom is -0.505 e. The number of phenolic OH excluding ortho intramolecular Hbond substituents is 1. The van der Waals surface area contributed by atoms with Gasteiger partial charge in [0.25, 0.3) is 5.69 Å².